The molecule has 0 atom stereocenters. The molecule has 0 saturated heterocycles. The van der Waals surface area contributed by atoms with Crippen LogP contribution >= 0.6 is 11.6 Å². The Balaban J connectivity index is 2.10. The van der Waals surface area contributed by atoms with Crippen molar-refractivity contribution in [1.29, 1.82) is 0 Å². The number of para-hydroxylation sites is 1. The predicted molar refractivity (Wildman–Crippen MR) is 70.3 cm³/mol. The summed E-state index contributed by atoms with van der Waals surface area (Å²) < 4.78 is 1.64. The molecule has 2 aromatic heterocycles. The zero-order chi connectivity index (χ0) is 12.5. The third-order valence-electron chi connectivity index (χ3n) is 2.53. The van der Waals surface area contributed by atoms with Crippen LogP contribution in [0.1, 0.15) is 5.69 Å². The molecule has 90 valence electrons. The van der Waals surface area contributed by atoms with Gasteiger partial charge in [0.05, 0.1) is 16.9 Å². The molecule has 18 heavy (non-hydrogen) atoms. The number of nitrogens with one attached hydrogen (secondary N) is 1. The lowest BCUT2D eigenvalue weighted by Crippen LogP contribution is -2.02. The van der Waals surface area contributed by atoms with Crippen LogP contribution in [0.3, 0.4) is 0 Å². The maximum Gasteiger partial charge on any atom is 0.178 e. The highest BCUT2D eigenvalue weighted by molar-refractivity contribution is 6.33. The highest BCUT2D eigenvalue weighted by atomic mass is 35.5. The van der Waals surface area contributed by atoms with Gasteiger partial charge in [0.15, 0.2) is 5.65 Å². The first-order valence-electron chi connectivity index (χ1n) is 5.43. The summed E-state index contributed by atoms with van der Waals surface area (Å²) in [5.74, 6) is 0.781. The van der Waals surface area contributed by atoms with Crippen molar-refractivity contribution in [3.05, 3.63) is 47.2 Å². The van der Waals surface area contributed by atoms with Crippen molar-refractivity contribution in [2.75, 3.05) is 5.32 Å². The summed E-state index contributed by atoms with van der Waals surface area (Å²) in [4.78, 5) is 4.33. The van der Waals surface area contributed by atoms with Gasteiger partial charge in [-0.2, -0.15) is 4.52 Å². The molecule has 0 aliphatic rings. The van der Waals surface area contributed by atoms with Gasteiger partial charge in [-0.15, -0.1) is 5.10 Å². The second kappa shape index (κ2) is 4.27. The van der Waals surface area contributed by atoms with E-state index < -0.39 is 0 Å². The molecule has 0 saturated carbocycles. The summed E-state index contributed by atoms with van der Waals surface area (Å²) >= 11 is 6.12. The molecular formula is C12H10ClN5. The second-order valence-corrected chi connectivity index (χ2v) is 4.30. The minimum absolute atomic E-state index is 0.653. The van der Waals surface area contributed by atoms with Crippen LogP contribution in [0.25, 0.3) is 5.65 Å². The van der Waals surface area contributed by atoms with Crippen molar-refractivity contribution in [3.8, 4) is 0 Å². The molecule has 0 radical (unpaired) electrons. The molecule has 0 aliphatic heterocycles. The lowest BCUT2D eigenvalue weighted by Gasteiger charge is -2.09. The second-order valence-electron chi connectivity index (χ2n) is 3.89. The molecular weight excluding hydrogens is 250 g/mol. The quantitative estimate of drug-likeness (QED) is 0.769. The molecule has 0 fully saturated rings. The van der Waals surface area contributed by atoms with Crippen molar-refractivity contribution >= 4 is 28.8 Å². The number of nitrogens with zero attached hydrogens (tertiary/aromatic N) is 4. The number of hydrogen-bond acceptors (Lipinski definition) is 4. The van der Waals surface area contributed by atoms with E-state index in [1.165, 1.54) is 0 Å². The molecule has 0 bridgehead atoms. The Morgan fingerprint density at radius 3 is 2.94 bits per heavy atom. The topological polar surface area (TPSA) is 55.1 Å². The molecule has 0 unspecified atom stereocenters. The maximum atomic E-state index is 6.12. The summed E-state index contributed by atoms with van der Waals surface area (Å²) in [5.41, 5.74) is 2.41. The summed E-state index contributed by atoms with van der Waals surface area (Å²) in [5, 5.41) is 11.7. The third-order valence-corrected chi connectivity index (χ3v) is 2.86. The van der Waals surface area contributed by atoms with Crippen LogP contribution in [0, 0.1) is 6.92 Å². The standard InChI is InChI=1S/C12H10ClN5/c1-8-6-11(18-12(15-8)7-14-17-18)16-10-5-3-2-4-9(10)13/h2-7,16H,1H3. The molecule has 6 heteroatoms. The van der Waals surface area contributed by atoms with Crippen LogP contribution in [0.4, 0.5) is 11.5 Å². The fourth-order valence-corrected chi connectivity index (χ4v) is 1.92. The van der Waals surface area contributed by atoms with Gasteiger partial charge < -0.3 is 5.32 Å². The van der Waals surface area contributed by atoms with E-state index in [1.807, 2.05) is 37.3 Å². The fourth-order valence-electron chi connectivity index (χ4n) is 1.74. The number of anilines is 2. The first-order valence-corrected chi connectivity index (χ1v) is 5.81. The zero-order valence-electron chi connectivity index (χ0n) is 9.63. The first kappa shape index (κ1) is 11.0. The Kier molecular flexibility index (Phi) is 2.60. The number of aromatic nitrogens is 4. The molecule has 0 spiro atoms. The Bertz CT molecular complexity index is 707. The SMILES string of the molecule is Cc1cc(Nc2ccccc2Cl)n2nncc2n1. The Morgan fingerprint density at radius 1 is 1.28 bits per heavy atom. The maximum absolute atomic E-state index is 6.12. The van der Waals surface area contributed by atoms with Crippen LogP contribution in [-0.4, -0.2) is 19.8 Å². The molecule has 2 heterocycles. The summed E-state index contributed by atoms with van der Waals surface area (Å²) in [6, 6.07) is 9.43. The number of rotatable bonds is 2. The van der Waals surface area contributed by atoms with Gasteiger partial charge in [-0.25, -0.2) is 4.98 Å². The van der Waals surface area contributed by atoms with Crippen LogP contribution in [-0.2, 0) is 0 Å². The predicted octanol–water partition coefficient (Wildman–Crippen LogP) is 2.83. The highest BCUT2D eigenvalue weighted by Gasteiger charge is 2.06. The van der Waals surface area contributed by atoms with Gasteiger partial charge in [-0.1, -0.05) is 28.9 Å². The normalized spacial score (nSPS) is 10.8. The van der Waals surface area contributed by atoms with Crippen LogP contribution in [0.2, 0.25) is 5.02 Å². The zero-order valence-corrected chi connectivity index (χ0v) is 10.4. The fraction of sp³-hybridized carbons (Fsp3) is 0.0833. The Morgan fingerprint density at radius 2 is 2.11 bits per heavy atom. The first-order chi connectivity index (χ1) is 8.74. The lowest BCUT2D eigenvalue weighted by atomic mass is 10.3. The average molecular weight is 260 g/mol. The number of benzene rings is 1. The highest BCUT2D eigenvalue weighted by Crippen LogP contribution is 2.24. The van der Waals surface area contributed by atoms with Gasteiger partial charge >= 0.3 is 0 Å². The summed E-state index contributed by atoms with van der Waals surface area (Å²) in [7, 11) is 0. The summed E-state index contributed by atoms with van der Waals surface area (Å²) in [6.45, 7) is 1.92. The number of aryl methyl sites for hydroxylation is 1. The number of hydrogen-bond donors (Lipinski definition) is 1. The monoisotopic (exact) mass is 259 g/mol. The van der Waals surface area contributed by atoms with Gasteiger partial charge in [-0.3, -0.25) is 0 Å². The van der Waals surface area contributed by atoms with Crippen molar-refractivity contribution in [3.63, 3.8) is 0 Å². The van der Waals surface area contributed by atoms with Gasteiger partial charge in [0.25, 0.3) is 0 Å². The van der Waals surface area contributed by atoms with Crippen molar-refractivity contribution in [1.82, 2.24) is 19.8 Å². The van der Waals surface area contributed by atoms with Crippen LogP contribution < -0.4 is 5.32 Å². The van der Waals surface area contributed by atoms with Gasteiger partial charge in [-0.05, 0) is 19.1 Å². The Hall–Kier alpha value is -2.14. The van der Waals surface area contributed by atoms with E-state index in [-0.39, 0.29) is 0 Å². The van der Waals surface area contributed by atoms with Gasteiger partial charge in [0.2, 0.25) is 0 Å². The van der Waals surface area contributed by atoms with Crippen molar-refractivity contribution < 1.29 is 0 Å². The smallest absolute Gasteiger partial charge is 0.178 e. The minimum Gasteiger partial charge on any atom is -0.339 e. The van der Waals surface area contributed by atoms with Gasteiger partial charge in [0.1, 0.15) is 5.82 Å². The van der Waals surface area contributed by atoms with E-state index in [4.69, 9.17) is 11.6 Å². The van der Waals surface area contributed by atoms with E-state index in [1.54, 1.807) is 10.7 Å². The van der Waals surface area contributed by atoms with E-state index in [9.17, 15) is 0 Å². The van der Waals surface area contributed by atoms with E-state index in [0.717, 1.165) is 17.2 Å². The molecule has 0 amide bonds. The lowest BCUT2D eigenvalue weighted by molar-refractivity contribution is 0.850. The minimum atomic E-state index is 0.653. The van der Waals surface area contributed by atoms with Crippen molar-refractivity contribution in [2.45, 2.75) is 6.92 Å². The van der Waals surface area contributed by atoms with Gasteiger partial charge in [0, 0.05) is 11.8 Å². The van der Waals surface area contributed by atoms with E-state index >= 15 is 0 Å². The number of halogens is 1. The van der Waals surface area contributed by atoms with Crippen LogP contribution in [0.15, 0.2) is 36.5 Å². The van der Waals surface area contributed by atoms with E-state index in [2.05, 4.69) is 20.6 Å². The molecule has 1 aromatic carbocycles. The average Bonchev–Trinajstić information content (AvgIpc) is 2.80. The van der Waals surface area contributed by atoms with E-state index in [0.29, 0.717) is 10.7 Å². The number of fused-ring (bicyclic) bond motifs is 1. The molecule has 1 N–H and O–H groups in total. The third kappa shape index (κ3) is 1.89. The van der Waals surface area contributed by atoms with Crippen molar-refractivity contribution in [2.24, 2.45) is 0 Å². The Labute approximate surface area is 108 Å². The molecule has 3 aromatic rings. The molecule has 0 aliphatic carbocycles. The molecule has 5 nitrogen and oxygen atoms in total. The van der Waals surface area contributed by atoms with Crippen LogP contribution in [0.5, 0.6) is 0 Å². The summed E-state index contributed by atoms with van der Waals surface area (Å²) in [6.07, 6.45) is 1.62. The largest absolute Gasteiger partial charge is 0.339 e. The molecule has 3 rings (SSSR count).